The predicted molar refractivity (Wildman–Crippen MR) is 73.6 cm³/mol. The SMILES string of the molecule is C/C(=C\Cl)CN(C)S(=O)(=O)c1ccc(Br)cc1. The Kier molecular flexibility index (Phi) is 5.19. The van der Waals surface area contributed by atoms with E-state index in [1.54, 1.807) is 31.2 Å². The largest absolute Gasteiger partial charge is 0.243 e. The van der Waals surface area contributed by atoms with Crippen molar-refractivity contribution >= 4 is 37.6 Å². The van der Waals surface area contributed by atoms with Crippen molar-refractivity contribution in [3.63, 3.8) is 0 Å². The minimum absolute atomic E-state index is 0.269. The van der Waals surface area contributed by atoms with Crippen LogP contribution in [-0.4, -0.2) is 26.3 Å². The van der Waals surface area contributed by atoms with E-state index in [4.69, 9.17) is 11.6 Å². The van der Waals surface area contributed by atoms with Crippen LogP contribution in [0.15, 0.2) is 44.7 Å². The van der Waals surface area contributed by atoms with Crippen LogP contribution in [0.4, 0.5) is 0 Å². The zero-order valence-electron chi connectivity index (χ0n) is 9.52. The maximum atomic E-state index is 12.1. The van der Waals surface area contributed by atoms with Gasteiger partial charge in [0.15, 0.2) is 0 Å². The maximum Gasteiger partial charge on any atom is 0.243 e. The van der Waals surface area contributed by atoms with Gasteiger partial charge in [0.1, 0.15) is 0 Å². The minimum Gasteiger partial charge on any atom is -0.207 e. The molecular weight excluding hydrogens is 326 g/mol. The molecule has 0 saturated heterocycles. The van der Waals surface area contributed by atoms with Crippen LogP contribution in [0.25, 0.3) is 0 Å². The molecule has 0 atom stereocenters. The highest BCUT2D eigenvalue weighted by Crippen LogP contribution is 2.18. The monoisotopic (exact) mass is 337 g/mol. The number of sulfonamides is 1. The lowest BCUT2D eigenvalue weighted by molar-refractivity contribution is 0.493. The molecule has 0 unspecified atom stereocenters. The number of likely N-dealkylation sites (N-methyl/N-ethyl adjacent to an activating group) is 1. The van der Waals surface area contributed by atoms with E-state index >= 15 is 0 Å². The van der Waals surface area contributed by atoms with Gasteiger partial charge in [-0.2, -0.15) is 4.31 Å². The summed E-state index contributed by atoms with van der Waals surface area (Å²) in [6.07, 6.45) is 0. The Hall–Kier alpha value is -0.360. The molecule has 3 nitrogen and oxygen atoms in total. The first-order valence-electron chi connectivity index (χ1n) is 4.85. The van der Waals surface area contributed by atoms with Crippen LogP contribution in [0.1, 0.15) is 6.92 Å². The fourth-order valence-electron chi connectivity index (χ4n) is 1.26. The predicted octanol–water partition coefficient (Wildman–Crippen LogP) is 3.21. The van der Waals surface area contributed by atoms with E-state index in [1.807, 2.05) is 0 Å². The Balaban J connectivity index is 2.99. The Labute approximate surface area is 115 Å². The molecule has 0 amide bonds. The quantitative estimate of drug-likeness (QED) is 0.845. The molecule has 0 aliphatic carbocycles. The van der Waals surface area contributed by atoms with Gasteiger partial charge in [0, 0.05) is 23.6 Å². The maximum absolute atomic E-state index is 12.1. The zero-order valence-corrected chi connectivity index (χ0v) is 12.7. The summed E-state index contributed by atoms with van der Waals surface area (Å²) < 4.78 is 26.4. The lowest BCUT2D eigenvalue weighted by Gasteiger charge is -2.17. The molecule has 0 bridgehead atoms. The average molecular weight is 339 g/mol. The first kappa shape index (κ1) is 14.7. The first-order chi connectivity index (χ1) is 7.87. The Morgan fingerprint density at radius 2 is 1.94 bits per heavy atom. The topological polar surface area (TPSA) is 37.4 Å². The van der Waals surface area contributed by atoms with Crippen LogP contribution in [-0.2, 0) is 10.0 Å². The van der Waals surface area contributed by atoms with E-state index in [0.29, 0.717) is 0 Å². The van der Waals surface area contributed by atoms with E-state index < -0.39 is 10.0 Å². The number of halogens is 2. The molecule has 0 fully saturated rings. The van der Waals surface area contributed by atoms with E-state index in [9.17, 15) is 8.42 Å². The van der Waals surface area contributed by atoms with Gasteiger partial charge in [0.25, 0.3) is 0 Å². The molecule has 6 heteroatoms. The molecule has 0 aliphatic rings. The van der Waals surface area contributed by atoms with Crippen LogP contribution in [0.5, 0.6) is 0 Å². The summed E-state index contributed by atoms with van der Waals surface area (Å²) in [5.74, 6) is 0. The lowest BCUT2D eigenvalue weighted by Crippen LogP contribution is -2.28. The molecule has 0 saturated carbocycles. The summed E-state index contributed by atoms with van der Waals surface area (Å²) >= 11 is 8.79. The van der Waals surface area contributed by atoms with Crippen molar-refractivity contribution in [3.05, 3.63) is 39.8 Å². The van der Waals surface area contributed by atoms with E-state index in [-0.39, 0.29) is 11.4 Å². The van der Waals surface area contributed by atoms with Gasteiger partial charge in [0.05, 0.1) is 4.90 Å². The van der Waals surface area contributed by atoms with E-state index in [1.165, 1.54) is 16.9 Å². The number of benzene rings is 1. The molecule has 17 heavy (non-hydrogen) atoms. The number of rotatable bonds is 4. The lowest BCUT2D eigenvalue weighted by atomic mass is 10.3. The second-order valence-electron chi connectivity index (χ2n) is 3.67. The van der Waals surface area contributed by atoms with Crippen molar-refractivity contribution < 1.29 is 8.42 Å². The van der Waals surface area contributed by atoms with Crippen molar-refractivity contribution in [1.82, 2.24) is 4.31 Å². The summed E-state index contributed by atoms with van der Waals surface area (Å²) in [5, 5.41) is 0. The molecule has 0 radical (unpaired) electrons. The third kappa shape index (κ3) is 3.81. The molecule has 1 aromatic rings. The Bertz CT molecular complexity index is 511. The second kappa shape index (κ2) is 6.00. The van der Waals surface area contributed by atoms with Gasteiger partial charge in [-0.05, 0) is 36.8 Å². The number of hydrogen-bond donors (Lipinski definition) is 0. The van der Waals surface area contributed by atoms with Gasteiger partial charge in [-0.25, -0.2) is 8.42 Å². The summed E-state index contributed by atoms with van der Waals surface area (Å²) in [6.45, 7) is 2.06. The summed E-state index contributed by atoms with van der Waals surface area (Å²) in [7, 11) is -1.92. The number of nitrogens with zero attached hydrogens (tertiary/aromatic N) is 1. The van der Waals surface area contributed by atoms with Crippen LogP contribution in [0, 0.1) is 0 Å². The summed E-state index contributed by atoms with van der Waals surface area (Å²) in [4.78, 5) is 0.269. The standard InChI is InChI=1S/C11H13BrClNO2S/c1-9(7-13)8-14(2)17(15,16)11-5-3-10(12)4-6-11/h3-7H,8H2,1-2H3/b9-7+. The van der Waals surface area contributed by atoms with Crippen molar-refractivity contribution in [2.45, 2.75) is 11.8 Å². The molecule has 1 rings (SSSR count). The van der Waals surface area contributed by atoms with E-state index in [0.717, 1.165) is 10.0 Å². The van der Waals surface area contributed by atoms with Gasteiger partial charge >= 0.3 is 0 Å². The molecule has 0 N–H and O–H groups in total. The third-order valence-corrected chi connectivity index (χ3v) is 4.90. The summed E-state index contributed by atoms with van der Waals surface area (Å²) in [6, 6.07) is 6.53. The van der Waals surface area contributed by atoms with E-state index in [2.05, 4.69) is 15.9 Å². The van der Waals surface area contributed by atoms with Crippen LogP contribution >= 0.6 is 27.5 Å². The minimum atomic E-state index is -3.45. The fraction of sp³-hybridized carbons (Fsp3) is 0.273. The van der Waals surface area contributed by atoms with Crippen molar-refractivity contribution in [2.75, 3.05) is 13.6 Å². The zero-order chi connectivity index (χ0) is 13.1. The molecule has 1 aromatic carbocycles. The molecule has 0 aliphatic heterocycles. The van der Waals surface area contributed by atoms with Crippen molar-refractivity contribution in [1.29, 1.82) is 0 Å². The third-order valence-electron chi connectivity index (χ3n) is 2.18. The molecular formula is C11H13BrClNO2S. The highest BCUT2D eigenvalue weighted by atomic mass is 79.9. The van der Waals surface area contributed by atoms with Gasteiger partial charge in [-0.3, -0.25) is 0 Å². The van der Waals surface area contributed by atoms with Gasteiger partial charge < -0.3 is 0 Å². The molecule has 0 heterocycles. The van der Waals surface area contributed by atoms with Crippen molar-refractivity contribution in [2.24, 2.45) is 0 Å². The van der Waals surface area contributed by atoms with Crippen molar-refractivity contribution in [3.8, 4) is 0 Å². The number of hydrogen-bond acceptors (Lipinski definition) is 2. The first-order valence-corrected chi connectivity index (χ1v) is 7.52. The van der Waals surface area contributed by atoms with Gasteiger partial charge in [0.2, 0.25) is 10.0 Å². The average Bonchev–Trinajstić information content (AvgIpc) is 2.29. The van der Waals surface area contributed by atoms with Gasteiger partial charge in [-0.1, -0.05) is 27.5 Å². The highest BCUT2D eigenvalue weighted by molar-refractivity contribution is 9.10. The Morgan fingerprint density at radius 1 is 1.41 bits per heavy atom. The Morgan fingerprint density at radius 3 is 2.41 bits per heavy atom. The van der Waals surface area contributed by atoms with Crippen LogP contribution < -0.4 is 0 Å². The molecule has 0 aromatic heterocycles. The fourth-order valence-corrected chi connectivity index (χ4v) is 2.80. The second-order valence-corrected chi connectivity index (χ2v) is 6.85. The molecule has 0 spiro atoms. The normalized spacial score (nSPS) is 13.1. The van der Waals surface area contributed by atoms with Crippen LogP contribution in [0.2, 0.25) is 0 Å². The van der Waals surface area contributed by atoms with Crippen LogP contribution in [0.3, 0.4) is 0 Å². The summed E-state index contributed by atoms with van der Waals surface area (Å²) in [5.41, 5.74) is 2.17. The van der Waals surface area contributed by atoms with Gasteiger partial charge in [-0.15, -0.1) is 0 Å². The highest BCUT2D eigenvalue weighted by Gasteiger charge is 2.20. The molecule has 94 valence electrons. The smallest absolute Gasteiger partial charge is 0.207 e.